The molecule has 0 aliphatic heterocycles. The molecule has 0 amide bonds. The van der Waals surface area contributed by atoms with Crippen LogP contribution < -0.4 is 5.32 Å². The normalized spacial score (nSPS) is 12.5. The fraction of sp³-hybridized carbons (Fsp3) is 0.562. The molecule has 1 rings (SSSR count). The van der Waals surface area contributed by atoms with Gasteiger partial charge >= 0.3 is 5.97 Å². The quantitative estimate of drug-likeness (QED) is 0.770. The molecule has 0 bridgehead atoms. The van der Waals surface area contributed by atoms with Crippen molar-refractivity contribution >= 4 is 11.7 Å². The van der Waals surface area contributed by atoms with Crippen molar-refractivity contribution in [2.75, 3.05) is 5.32 Å². The molecular formula is C16H25NO2. The summed E-state index contributed by atoms with van der Waals surface area (Å²) in [5, 5.41) is 12.6. The van der Waals surface area contributed by atoms with Crippen LogP contribution in [0.3, 0.4) is 0 Å². The Bertz CT molecular complexity index is 427. The largest absolute Gasteiger partial charge is 0.478 e. The minimum atomic E-state index is -0.874. The maximum atomic E-state index is 11.2. The molecule has 0 heterocycles. The van der Waals surface area contributed by atoms with Crippen molar-refractivity contribution in [2.45, 2.75) is 53.0 Å². The Labute approximate surface area is 116 Å². The van der Waals surface area contributed by atoms with Gasteiger partial charge in [0.25, 0.3) is 0 Å². The van der Waals surface area contributed by atoms with Gasteiger partial charge in [-0.2, -0.15) is 0 Å². The molecule has 3 nitrogen and oxygen atoms in total. The number of hydrogen-bond acceptors (Lipinski definition) is 2. The van der Waals surface area contributed by atoms with E-state index in [9.17, 15) is 9.90 Å². The average molecular weight is 263 g/mol. The molecule has 0 saturated carbocycles. The lowest BCUT2D eigenvalue weighted by atomic mass is 10.0. The molecule has 1 unspecified atom stereocenters. The fourth-order valence-corrected chi connectivity index (χ4v) is 2.19. The van der Waals surface area contributed by atoms with Crippen molar-refractivity contribution in [3.8, 4) is 0 Å². The minimum absolute atomic E-state index is 0.290. The van der Waals surface area contributed by atoms with Crippen LogP contribution in [0.15, 0.2) is 18.2 Å². The molecule has 3 heteroatoms. The van der Waals surface area contributed by atoms with Gasteiger partial charge in [0.2, 0.25) is 0 Å². The second-order valence-electron chi connectivity index (χ2n) is 5.67. The van der Waals surface area contributed by atoms with Gasteiger partial charge in [-0.15, -0.1) is 0 Å². The molecule has 0 fully saturated rings. The molecular weight excluding hydrogens is 238 g/mol. The van der Waals surface area contributed by atoms with Crippen molar-refractivity contribution in [1.29, 1.82) is 0 Å². The highest BCUT2D eigenvalue weighted by molar-refractivity contribution is 5.95. The molecule has 0 aliphatic carbocycles. The number of anilines is 1. The van der Waals surface area contributed by atoms with Crippen molar-refractivity contribution in [3.63, 3.8) is 0 Å². The molecule has 19 heavy (non-hydrogen) atoms. The number of aryl methyl sites for hydroxylation is 1. The van der Waals surface area contributed by atoms with Crippen LogP contribution in [0.4, 0.5) is 5.69 Å². The van der Waals surface area contributed by atoms with Gasteiger partial charge in [0.1, 0.15) is 0 Å². The van der Waals surface area contributed by atoms with Crippen LogP contribution in [0.1, 0.15) is 56.0 Å². The molecule has 2 N–H and O–H groups in total. The first-order chi connectivity index (χ1) is 8.91. The highest BCUT2D eigenvalue weighted by Crippen LogP contribution is 2.22. The van der Waals surface area contributed by atoms with Crippen molar-refractivity contribution < 1.29 is 9.90 Å². The van der Waals surface area contributed by atoms with Crippen LogP contribution in [-0.4, -0.2) is 17.1 Å². The molecule has 0 aromatic heterocycles. The second-order valence-corrected chi connectivity index (χ2v) is 5.67. The third kappa shape index (κ3) is 4.93. The van der Waals surface area contributed by atoms with Crippen LogP contribution in [0.5, 0.6) is 0 Å². The van der Waals surface area contributed by atoms with E-state index in [0.717, 1.165) is 23.6 Å². The first-order valence-corrected chi connectivity index (χ1v) is 7.01. The first-order valence-electron chi connectivity index (χ1n) is 7.01. The van der Waals surface area contributed by atoms with E-state index in [-0.39, 0.29) is 6.04 Å². The van der Waals surface area contributed by atoms with Crippen LogP contribution >= 0.6 is 0 Å². The zero-order valence-corrected chi connectivity index (χ0v) is 12.4. The van der Waals surface area contributed by atoms with Crippen molar-refractivity contribution in [1.82, 2.24) is 0 Å². The van der Waals surface area contributed by atoms with Crippen molar-refractivity contribution in [3.05, 3.63) is 29.3 Å². The smallest absolute Gasteiger partial charge is 0.337 e. The maximum Gasteiger partial charge on any atom is 0.337 e. The number of para-hydroxylation sites is 1. The maximum absolute atomic E-state index is 11.2. The van der Waals surface area contributed by atoms with Gasteiger partial charge in [-0.25, -0.2) is 4.79 Å². The molecule has 1 aromatic rings. The van der Waals surface area contributed by atoms with Crippen LogP contribution in [-0.2, 0) is 0 Å². The van der Waals surface area contributed by atoms with E-state index >= 15 is 0 Å². The summed E-state index contributed by atoms with van der Waals surface area (Å²) in [7, 11) is 0. The molecule has 0 saturated heterocycles. The zero-order valence-electron chi connectivity index (χ0n) is 12.4. The molecule has 1 atom stereocenters. The van der Waals surface area contributed by atoms with Crippen LogP contribution in [0.25, 0.3) is 0 Å². The van der Waals surface area contributed by atoms with E-state index in [4.69, 9.17) is 0 Å². The summed E-state index contributed by atoms with van der Waals surface area (Å²) in [5.74, 6) is -0.152. The summed E-state index contributed by atoms with van der Waals surface area (Å²) in [5.41, 5.74) is 2.10. The third-order valence-corrected chi connectivity index (χ3v) is 3.31. The Hall–Kier alpha value is -1.51. The zero-order chi connectivity index (χ0) is 14.4. The predicted molar refractivity (Wildman–Crippen MR) is 79.9 cm³/mol. The van der Waals surface area contributed by atoms with Gasteiger partial charge in [-0.1, -0.05) is 38.8 Å². The number of carboxylic acids is 1. The van der Waals surface area contributed by atoms with Gasteiger partial charge in [0, 0.05) is 6.04 Å². The van der Waals surface area contributed by atoms with E-state index in [0.29, 0.717) is 5.56 Å². The summed E-state index contributed by atoms with van der Waals surface area (Å²) >= 11 is 0. The van der Waals surface area contributed by atoms with Gasteiger partial charge < -0.3 is 10.4 Å². The van der Waals surface area contributed by atoms with E-state index in [1.54, 1.807) is 12.1 Å². The lowest BCUT2D eigenvalue weighted by Gasteiger charge is -2.19. The first kappa shape index (κ1) is 15.5. The monoisotopic (exact) mass is 263 g/mol. The number of nitrogens with one attached hydrogen (secondary N) is 1. The Morgan fingerprint density at radius 1 is 1.26 bits per heavy atom. The highest BCUT2D eigenvalue weighted by atomic mass is 16.4. The standard InChI is InChI=1S/C16H25NO2/c1-11(2)7-5-9-13(4)17-15-12(3)8-6-10-14(15)16(18)19/h6,8,10-11,13,17H,5,7,9H2,1-4H3,(H,18,19). The topological polar surface area (TPSA) is 49.3 Å². The van der Waals surface area contributed by atoms with Crippen LogP contribution in [0, 0.1) is 12.8 Å². The summed E-state index contributed by atoms with van der Waals surface area (Å²) in [6.45, 7) is 8.50. The van der Waals surface area contributed by atoms with E-state index in [2.05, 4.69) is 26.1 Å². The summed E-state index contributed by atoms with van der Waals surface area (Å²) in [6.07, 6.45) is 3.44. The summed E-state index contributed by atoms with van der Waals surface area (Å²) in [6, 6.07) is 5.67. The second kappa shape index (κ2) is 7.17. The Kier molecular flexibility index (Phi) is 5.87. The number of hydrogen-bond donors (Lipinski definition) is 2. The molecule has 0 radical (unpaired) electrons. The van der Waals surface area contributed by atoms with E-state index in [1.807, 2.05) is 13.0 Å². The van der Waals surface area contributed by atoms with E-state index < -0.39 is 5.97 Å². The number of aromatic carboxylic acids is 1. The number of carboxylic acid groups (broad SMARTS) is 1. The molecule has 106 valence electrons. The molecule has 0 aliphatic rings. The van der Waals surface area contributed by atoms with Gasteiger partial charge in [-0.3, -0.25) is 0 Å². The lowest BCUT2D eigenvalue weighted by molar-refractivity contribution is 0.0698. The third-order valence-electron chi connectivity index (χ3n) is 3.31. The van der Waals surface area contributed by atoms with Gasteiger partial charge in [0.05, 0.1) is 11.3 Å². The summed E-state index contributed by atoms with van der Waals surface area (Å²) in [4.78, 5) is 11.2. The number of rotatable bonds is 7. The highest BCUT2D eigenvalue weighted by Gasteiger charge is 2.13. The minimum Gasteiger partial charge on any atom is -0.478 e. The predicted octanol–water partition coefficient (Wildman–Crippen LogP) is 4.32. The molecule has 1 aromatic carbocycles. The van der Waals surface area contributed by atoms with Crippen molar-refractivity contribution in [2.24, 2.45) is 5.92 Å². The SMILES string of the molecule is Cc1cccc(C(=O)O)c1NC(C)CCCC(C)C. The summed E-state index contributed by atoms with van der Waals surface area (Å²) < 4.78 is 0. The Morgan fingerprint density at radius 2 is 1.95 bits per heavy atom. The lowest BCUT2D eigenvalue weighted by Crippen LogP contribution is -2.18. The Balaban J connectivity index is 2.68. The Morgan fingerprint density at radius 3 is 2.53 bits per heavy atom. The fourth-order valence-electron chi connectivity index (χ4n) is 2.19. The van der Waals surface area contributed by atoms with Gasteiger partial charge in [0.15, 0.2) is 0 Å². The average Bonchev–Trinajstić information content (AvgIpc) is 2.30. The van der Waals surface area contributed by atoms with Crippen LogP contribution in [0.2, 0.25) is 0 Å². The van der Waals surface area contributed by atoms with E-state index in [1.165, 1.54) is 12.8 Å². The number of benzene rings is 1. The number of carbonyl (C=O) groups is 1. The van der Waals surface area contributed by atoms with Gasteiger partial charge in [-0.05, 0) is 37.8 Å². The molecule has 0 spiro atoms.